The molecule has 74 heavy (non-hydrogen) atoms. The normalized spacial score (nSPS) is 14.9. The van der Waals surface area contributed by atoms with Crippen molar-refractivity contribution in [3.05, 3.63) is 125 Å². The number of benzene rings is 2. The number of nitrogens with zero attached hydrogens (tertiary/aromatic N) is 8. The van der Waals surface area contributed by atoms with Gasteiger partial charge in [0.2, 0.25) is 11.8 Å². The van der Waals surface area contributed by atoms with Gasteiger partial charge in [-0.2, -0.15) is 0 Å². The van der Waals surface area contributed by atoms with Gasteiger partial charge in [-0.3, -0.25) is 28.7 Å². The van der Waals surface area contributed by atoms with Crippen molar-refractivity contribution in [3.8, 4) is 10.0 Å². The summed E-state index contributed by atoms with van der Waals surface area (Å²) < 4.78 is 37.9. The Morgan fingerprint density at radius 3 is 1.16 bits per heavy atom. The van der Waals surface area contributed by atoms with Gasteiger partial charge in [0, 0.05) is 55.1 Å². The first-order chi connectivity index (χ1) is 35.9. The average molecular weight is 1090 g/mol. The van der Waals surface area contributed by atoms with E-state index in [0.717, 1.165) is 66.5 Å². The van der Waals surface area contributed by atoms with Gasteiger partial charge in [0.25, 0.3) is 0 Å². The number of aryl methyl sites for hydroxylation is 4. The molecule has 4 aromatic heterocycles. The summed E-state index contributed by atoms with van der Waals surface area (Å²) in [5, 5.41) is 26.9. The topological polar surface area (TPSA) is 200 Å². The Morgan fingerprint density at radius 2 is 0.824 bits per heavy atom. The molecule has 2 unspecified atom stereocenters. The standard InChI is InChI=1S/C52H62Cl2N10O8S2/c1-31-33(3)73-51-45(31)47(37-7-11-39(53)12-8-37)57-41(49-61-59-35(5)63(49)51)29-43(65)55-15-17-67-19-21-69-23-25-71-27-28-72-26-24-70-22-20-68-18-16-56-44(66)30-42-50-62-60-36(6)64(50)52-46(32(2)34(4)74-52)48(58-42)38-9-13-40(54)14-10-38/h7-14,41-42H,15-30H2,1-6H3,(H,55,65)(H,56,66). The van der Waals surface area contributed by atoms with Crippen LogP contribution in [0.15, 0.2) is 58.5 Å². The number of carbonyl (C=O) groups excluding carboxylic acids is 2. The molecular formula is C52H62Cl2N10O8S2. The van der Waals surface area contributed by atoms with Crippen molar-refractivity contribution in [2.75, 3.05) is 92.4 Å². The fraction of sp³-hybridized carbons (Fsp3) is 0.462. The first kappa shape index (κ1) is 55.0. The van der Waals surface area contributed by atoms with Crippen molar-refractivity contribution in [2.24, 2.45) is 9.98 Å². The number of aliphatic imine (C=N–C) groups is 2. The second-order valence-electron chi connectivity index (χ2n) is 17.6. The van der Waals surface area contributed by atoms with E-state index in [2.05, 4.69) is 58.7 Å². The molecule has 0 saturated heterocycles. The van der Waals surface area contributed by atoms with Crippen LogP contribution in [-0.4, -0.2) is 145 Å². The Kier molecular flexibility index (Phi) is 19.7. The van der Waals surface area contributed by atoms with Crippen molar-refractivity contribution < 1.29 is 38.0 Å². The lowest BCUT2D eigenvalue weighted by molar-refractivity contribution is -0.122. The number of ether oxygens (including phenoxy) is 6. The van der Waals surface area contributed by atoms with Gasteiger partial charge < -0.3 is 39.1 Å². The highest BCUT2D eigenvalue weighted by Gasteiger charge is 2.34. The van der Waals surface area contributed by atoms with E-state index in [0.29, 0.717) is 114 Å². The molecule has 6 aromatic rings. The first-order valence-electron chi connectivity index (χ1n) is 24.6. The molecule has 2 N–H and O–H groups in total. The molecule has 0 spiro atoms. The van der Waals surface area contributed by atoms with E-state index in [1.54, 1.807) is 22.7 Å². The maximum Gasteiger partial charge on any atom is 0.222 e. The summed E-state index contributed by atoms with van der Waals surface area (Å²) in [6, 6.07) is 14.1. The van der Waals surface area contributed by atoms with Crippen LogP contribution in [0.4, 0.5) is 0 Å². The maximum atomic E-state index is 13.2. The Morgan fingerprint density at radius 1 is 0.500 bits per heavy atom. The SMILES string of the molecule is Cc1sc2c(c1C)C(c1ccc(Cl)cc1)=NC(CC(=O)NCCOCCOCCOCCOCCOCCOCCNC(=O)CC1N=C(c3ccc(Cl)cc3)c3c(sc(C)c3C)-n3c(C)nnc31)c1nnc(C)n1-2. The minimum atomic E-state index is -0.545. The van der Waals surface area contributed by atoms with Gasteiger partial charge in [0.1, 0.15) is 33.7 Å². The minimum Gasteiger partial charge on any atom is -0.377 e. The minimum absolute atomic E-state index is 0.101. The molecule has 6 heterocycles. The summed E-state index contributed by atoms with van der Waals surface area (Å²) in [6.45, 7) is 17.7. The van der Waals surface area contributed by atoms with E-state index in [9.17, 15) is 9.59 Å². The zero-order valence-electron chi connectivity index (χ0n) is 42.5. The van der Waals surface area contributed by atoms with Crippen LogP contribution in [-0.2, 0) is 38.0 Å². The molecule has 2 aliphatic heterocycles. The fourth-order valence-corrected chi connectivity index (χ4v) is 11.2. The third-order valence-corrected chi connectivity index (χ3v) is 15.4. The smallest absolute Gasteiger partial charge is 0.222 e. The quantitative estimate of drug-likeness (QED) is 0.0477. The highest BCUT2D eigenvalue weighted by molar-refractivity contribution is 7.15. The van der Waals surface area contributed by atoms with Crippen LogP contribution in [0.3, 0.4) is 0 Å². The number of thiophene rings is 2. The highest BCUT2D eigenvalue weighted by Crippen LogP contribution is 2.41. The number of hydrogen-bond acceptors (Lipinski definition) is 16. The Bertz CT molecular complexity index is 2740. The van der Waals surface area contributed by atoms with Gasteiger partial charge in [-0.25, -0.2) is 0 Å². The van der Waals surface area contributed by atoms with Crippen molar-refractivity contribution in [2.45, 2.75) is 66.5 Å². The van der Waals surface area contributed by atoms with E-state index in [-0.39, 0.29) is 24.7 Å². The van der Waals surface area contributed by atoms with E-state index >= 15 is 0 Å². The average Bonchev–Trinajstić information content (AvgIpc) is 4.09. The number of fused-ring (bicyclic) bond motifs is 6. The lowest BCUT2D eigenvalue weighted by Gasteiger charge is -2.13. The third-order valence-electron chi connectivity index (χ3n) is 12.5. The molecule has 0 bridgehead atoms. The second kappa shape index (κ2) is 26.5. The summed E-state index contributed by atoms with van der Waals surface area (Å²) in [7, 11) is 0. The molecule has 0 radical (unpaired) electrons. The Balaban J connectivity index is 0.627. The number of amides is 2. The van der Waals surface area contributed by atoms with Crippen molar-refractivity contribution in [1.29, 1.82) is 0 Å². The van der Waals surface area contributed by atoms with E-state index < -0.39 is 12.1 Å². The maximum absolute atomic E-state index is 13.2. The van der Waals surface area contributed by atoms with Gasteiger partial charge in [0.15, 0.2) is 11.6 Å². The number of aromatic nitrogens is 6. The van der Waals surface area contributed by atoms with Crippen LogP contribution >= 0.6 is 45.9 Å². The molecule has 0 saturated carbocycles. The van der Waals surface area contributed by atoms with Crippen molar-refractivity contribution in [1.82, 2.24) is 40.2 Å². The van der Waals surface area contributed by atoms with E-state index in [4.69, 9.17) is 61.6 Å². The van der Waals surface area contributed by atoms with Crippen LogP contribution in [0.25, 0.3) is 10.0 Å². The van der Waals surface area contributed by atoms with Gasteiger partial charge in [-0.05, 0) is 76.9 Å². The van der Waals surface area contributed by atoms with Gasteiger partial charge >= 0.3 is 0 Å². The lowest BCUT2D eigenvalue weighted by atomic mass is 9.99. The zero-order chi connectivity index (χ0) is 52.1. The van der Waals surface area contributed by atoms with E-state index in [1.165, 1.54) is 9.75 Å². The highest BCUT2D eigenvalue weighted by atomic mass is 35.5. The number of halogens is 2. The van der Waals surface area contributed by atoms with E-state index in [1.807, 2.05) is 71.5 Å². The molecule has 8 rings (SSSR count). The molecule has 18 nitrogen and oxygen atoms in total. The molecule has 2 aliphatic rings. The molecule has 0 fully saturated rings. The molecule has 0 aliphatic carbocycles. The summed E-state index contributed by atoms with van der Waals surface area (Å²) in [4.78, 5) is 39.1. The van der Waals surface area contributed by atoms with Crippen LogP contribution in [0.2, 0.25) is 10.0 Å². The third kappa shape index (κ3) is 13.6. The molecule has 22 heteroatoms. The molecule has 2 amide bonds. The Hall–Kier alpha value is -5.26. The number of rotatable bonds is 27. The van der Waals surface area contributed by atoms with Crippen molar-refractivity contribution >= 4 is 69.1 Å². The summed E-state index contributed by atoms with van der Waals surface area (Å²) in [6.07, 6.45) is 0.202. The molecule has 394 valence electrons. The monoisotopic (exact) mass is 1090 g/mol. The van der Waals surface area contributed by atoms with Gasteiger partial charge in [-0.1, -0.05) is 47.5 Å². The predicted molar refractivity (Wildman–Crippen MR) is 287 cm³/mol. The van der Waals surface area contributed by atoms with Crippen LogP contribution in [0, 0.1) is 41.5 Å². The predicted octanol–water partition coefficient (Wildman–Crippen LogP) is 7.72. The van der Waals surface area contributed by atoms with Crippen LogP contribution in [0.1, 0.15) is 91.4 Å². The van der Waals surface area contributed by atoms with Gasteiger partial charge in [0.05, 0.1) is 104 Å². The van der Waals surface area contributed by atoms with Crippen LogP contribution < -0.4 is 10.6 Å². The van der Waals surface area contributed by atoms with Gasteiger partial charge in [-0.15, -0.1) is 43.1 Å². The summed E-state index contributed by atoms with van der Waals surface area (Å²) >= 11 is 15.8. The summed E-state index contributed by atoms with van der Waals surface area (Å²) in [5.74, 6) is 2.41. The van der Waals surface area contributed by atoms with Crippen LogP contribution in [0.5, 0.6) is 0 Å². The molecular weight excluding hydrogens is 1030 g/mol. The number of nitrogens with one attached hydrogen (secondary N) is 2. The molecule has 2 atom stereocenters. The fourth-order valence-electron chi connectivity index (χ4n) is 8.49. The second-order valence-corrected chi connectivity index (χ2v) is 20.9. The Labute approximate surface area is 448 Å². The molecule has 2 aromatic carbocycles. The van der Waals surface area contributed by atoms with Crippen molar-refractivity contribution in [3.63, 3.8) is 0 Å². The number of hydrogen-bond donors (Lipinski definition) is 2. The first-order valence-corrected chi connectivity index (χ1v) is 27.0. The zero-order valence-corrected chi connectivity index (χ0v) is 45.6. The lowest BCUT2D eigenvalue weighted by Crippen LogP contribution is -2.29. The summed E-state index contributed by atoms with van der Waals surface area (Å²) in [5.41, 5.74) is 7.75. The largest absolute Gasteiger partial charge is 0.377 e. The number of carbonyl (C=O) groups is 2.